The van der Waals surface area contributed by atoms with Gasteiger partial charge in [0.1, 0.15) is 6.54 Å². The Morgan fingerprint density at radius 2 is 1.86 bits per heavy atom. The summed E-state index contributed by atoms with van der Waals surface area (Å²) in [7, 11) is 1.27. The first-order chi connectivity index (χ1) is 10.0. The van der Waals surface area contributed by atoms with Crippen molar-refractivity contribution in [3.63, 3.8) is 0 Å². The number of hydrogen-bond donors (Lipinski definition) is 0. The van der Waals surface area contributed by atoms with Crippen LogP contribution in [0.1, 0.15) is 41.9 Å². The van der Waals surface area contributed by atoms with Crippen LogP contribution in [0.15, 0.2) is 0 Å². The smallest absolute Gasteiger partial charge is 0.360 e. The number of amides is 1. The number of halogens is 1. The van der Waals surface area contributed by atoms with Crippen molar-refractivity contribution in [2.45, 2.75) is 39.2 Å². The van der Waals surface area contributed by atoms with Crippen molar-refractivity contribution in [3.05, 3.63) is 16.4 Å². The maximum Gasteiger partial charge on any atom is 0.360 e. The zero-order valence-corrected chi connectivity index (χ0v) is 13.2. The molecule has 0 spiro atoms. The third kappa shape index (κ3) is 3.56. The van der Waals surface area contributed by atoms with Crippen LogP contribution in [0.25, 0.3) is 0 Å². The molecule has 7 heteroatoms. The van der Waals surface area contributed by atoms with E-state index < -0.39 is 5.97 Å². The SMILES string of the molecule is COC(=O)c1nn(CC(=O)N2CCCCCC2)c(C)c1Cl. The molecular weight excluding hydrogens is 294 g/mol. The van der Waals surface area contributed by atoms with Gasteiger partial charge in [-0.2, -0.15) is 5.10 Å². The van der Waals surface area contributed by atoms with Crippen LogP contribution in [-0.2, 0) is 16.1 Å². The van der Waals surface area contributed by atoms with Gasteiger partial charge in [-0.15, -0.1) is 0 Å². The molecule has 0 aliphatic carbocycles. The molecule has 0 radical (unpaired) electrons. The summed E-state index contributed by atoms with van der Waals surface area (Å²) >= 11 is 6.07. The van der Waals surface area contributed by atoms with E-state index in [1.165, 1.54) is 24.6 Å². The molecule has 1 aromatic heterocycles. The summed E-state index contributed by atoms with van der Waals surface area (Å²) in [5, 5.41) is 4.34. The molecule has 0 saturated carbocycles. The molecule has 116 valence electrons. The van der Waals surface area contributed by atoms with Crippen LogP contribution in [-0.4, -0.2) is 46.8 Å². The molecule has 1 amide bonds. The molecule has 21 heavy (non-hydrogen) atoms. The molecular formula is C14H20ClN3O3. The molecule has 2 heterocycles. The molecule has 0 unspecified atom stereocenters. The van der Waals surface area contributed by atoms with Gasteiger partial charge in [0.2, 0.25) is 5.91 Å². The number of methoxy groups -OCH3 is 1. The molecule has 1 aromatic rings. The van der Waals surface area contributed by atoms with Crippen molar-refractivity contribution in [1.82, 2.24) is 14.7 Å². The van der Waals surface area contributed by atoms with Gasteiger partial charge in [-0.3, -0.25) is 9.48 Å². The van der Waals surface area contributed by atoms with Gasteiger partial charge in [0.05, 0.1) is 17.8 Å². The Labute approximate surface area is 129 Å². The van der Waals surface area contributed by atoms with E-state index in [0.29, 0.717) is 5.69 Å². The number of ether oxygens (including phenoxy) is 1. The number of hydrogen-bond acceptors (Lipinski definition) is 4. The lowest BCUT2D eigenvalue weighted by molar-refractivity contribution is -0.132. The first-order valence-corrected chi connectivity index (χ1v) is 7.51. The summed E-state index contributed by atoms with van der Waals surface area (Å²) in [6.45, 7) is 3.41. The zero-order valence-electron chi connectivity index (χ0n) is 12.4. The van der Waals surface area contributed by atoms with Crippen molar-refractivity contribution in [1.29, 1.82) is 0 Å². The Hall–Kier alpha value is -1.56. The predicted octanol–water partition coefficient (Wildman–Crippen LogP) is 2.03. The van der Waals surface area contributed by atoms with E-state index in [-0.39, 0.29) is 23.2 Å². The van der Waals surface area contributed by atoms with Crippen LogP contribution in [0.4, 0.5) is 0 Å². The number of rotatable bonds is 3. The summed E-state index contributed by atoms with van der Waals surface area (Å²) in [6, 6.07) is 0. The maximum absolute atomic E-state index is 12.3. The van der Waals surface area contributed by atoms with E-state index in [1.807, 2.05) is 4.90 Å². The van der Waals surface area contributed by atoms with Crippen molar-refractivity contribution in [2.75, 3.05) is 20.2 Å². The highest BCUT2D eigenvalue weighted by molar-refractivity contribution is 6.33. The van der Waals surface area contributed by atoms with Gasteiger partial charge in [-0.05, 0) is 19.8 Å². The van der Waals surface area contributed by atoms with Crippen LogP contribution in [0.5, 0.6) is 0 Å². The quantitative estimate of drug-likeness (QED) is 0.801. The first kappa shape index (κ1) is 15.8. The number of carbonyl (C=O) groups excluding carboxylic acids is 2. The highest BCUT2D eigenvalue weighted by Crippen LogP contribution is 2.21. The molecule has 1 fully saturated rings. The normalized spacial score (nSPS) is 15.7. The Morgan fingerprint density at radius 3 is 2.43 bits per heavy atom. The van der Waals surface area contributed by atoms with Gasteiger partial charge >= 0.3 is 5.97 Å². The Morgan fingerprint density at radius 1 is 1.24 bits per heavy atom. The van der Waals surface area contributed by atoms with Gasteiger partial charge in [-0.25, -0.2) is 4.79 Å². The lowest BCUT2D eigenvalue weighted by atomic mass is 10.2. The lowest BCUT2D eigenvalue weighted by Gasteiger charge is -2.20. The predicted molar refractivity (Wildman–Crippen MR) is 78.4 cm³/mol. The minimum absolute atomic E-state index is 0.00980. The minimum atomic E-state index is -0.593. The van der Waals surface area contributed by atoms with Gasteiger partial charge in [-0.1, -0.05) is 24.4 Å². The highest BCUT2D eigenvalue weighted by atomic mass is 35.5. The van der Waals surface area contributed by atoms with Crippen LogP contribution in [0.2, 0.25) is 5.02 Å². The van der Waals surface area contributed by atoms with E-state index in [2.05, 4.69) is 9.84 Å². The van der Waals surface area contributed by atoms with E-state index in [4.69, 9.17) is 11.6 Å². The zero-order chi connectivity index (χ0) is 15.4. The topological polar surface area (TPSA) is 64.4 Å². The summed E-state index contributed by atoms with van der Waals surface area (Å²) in [5.74, 6) is -0.584. The van der Waals surface area contributed by atoms with Gasteiger partial charge in [0.25, 0.3) is 0 Å². The fourth-order valence-corrected chi connectivity index (χ4v) is 2.67. The standard InChI is InChI=1S/C14H20ClN3O3/c1-10-12(15)13(14(20)21-2)16-18(10)9-11(19)17-7-5-3-4-6-8-17/h3-9H2,1-2H3. The monoisotopic (exact) mass is 313 g/mol. The molecule has 0 aromatic carbocycles. The second kappa shape index (κ2) is 6.93. The van der Waals surface area contributed by atoms with Crippen LogP contribution < -0.4 is 0 Å². The number of nitrogens with zero attached hydrogens (tertiary/aromatic N) is 3. The lowest BCUT2D eigenvalue weighted by Crippen LogP contribution is -2.35. The van der Waals surface area contributed by atoms with Crippen LogP contribution in [0.3, 0.4) is 0 Å². The summed E-state index contributed by atoms with van der Waals surface area (Å²) in [6.07, 6.45) is 4.42. The van der Waals surface area contributed by atoms with Crippen molar-refractivity contribution < 1.29 is 14.3 Å². The molecule has 1 aliphatic rings. The summed E-state index contributed by atoms with van der Waals surface area (Å²) < 4.78 is 6.10. The molecule has 1 aliphatic heterocycles. The van der Waals surface area contributed by atoms with E-state index in [0.717, 1.165) is 25.9 Å². The molecule has 2 rings (SSSR count). The number of aromatic nitrogens is 2. The van der Waals surface area contributed by atoms with E-state index in [9.17, 15) is 9.59 Å². The Balaban J connectivity index is 2.11. The van der Waals surface area contributed by atoms with Crippen molar-refractivity contribution in [2.24, 2.45) is 0 Å². The van der Waals surface area contributed by atoms with Crippen molar-refractivity contribution in [3.8, 4) is 0 Å². The second-order valence-corrected chi connectivity index (χ2v) is 5.57. The van der Waals surface area contributed by atoms with E-state index >= 15 is 0 Å². The van der Waals surface area contributed by atoms with E-state index in [1.54, 1.807) is 6.92 Å². The van der Waals surface area contributed by atoms with Crippen molar-refractivity contribution >= 4 is 23.5 Å². The maximum atomic E-state index is 12.3. The fourth-order valence-electron chi connectivity index (χ4n) is 2.45. The average molecular weight is 314 g/mol. The second-order valence-electron chi connectivity index (χ2n) is 5.19. The molecule has 0 bridgehead atoms. The number of likely N-dealkylation sites (tertiary alicyclic amines) is 1. The fraction of sp³-hybridized carbons (Fsp3) is 0.643. The first-order valence-electron chi connectivity index (χ1n) is 7.13. The average Bonchev–Trinajstić information content (AvgIpc) is 2.69. The molecule has 0 N–H and O–H groups in total. The van der Waals surface area contributed by atoms with Gasteiger partial charge < -0.3 is 9.64 Å². The van der Waals surface area contributed by atoms with Gasteiger partial charge in [0.15, 0.2) is 5.69 Å². The summed E-state index contributed by atoms with van der Waals surface area (Å²) in [4.78, 5) is 25.8. The van der Waals surface area contributed by atoms with Gasteiger partial charge in [0, 0.05) is 13.1 Å². The Bertz CT molecular complexity index is 534. The van der Waals surface area contributed by atoms with Crippen LogP contribution >= 0.6 is 11.6 Å². The van der Waals surface area contributed by atoms with Crippen LogP contribution in [0, 0.1) is 6.92 Å². The Kier molecular flexibility index (Phi) is 5.22. The third-order valence-corrected chi connectivity index (χ3v) is 4.21. The number of esters is 1. The largest absolute Gasteiger partial charge is 0.464 e. The summed E-state index contributed by atoms with van der Waals surface area (Å²) in [5.41, 5.74) is 0.653. The highest BCUT2D eigenvalue weighted by Gasteiger charge is 2.23. The minimum Gasteiger partial charge on any atom is -0.464 e. The molecule has 1 saturated heterocycles. The molecule has 6 nitrogen and oxygen atoms in total. The molecule has 0 atom stereocenters. The number of carbonyl (C=O) groups is 2. The third-order valence-electron chi connectivity index (χ3n) is 3.76.